The maximum atomic E-state index is 12.0. The quantitative estimate of drug-likeness (QED) is 0.774. The first-order valence-corrected chi connectivity index (χ1v) is 7.12. The van der Waals surface area contributed by atoms with Crippen LogP contribution < -0.4 is 5.32 Å². The largest absolute Gasteiger partial charge is 0.481 e. The normalized spacial score (nSPS) is 22.1. The Morgan fingerprint density at radius 1 is 1.10 bits per heavy atom. The standard InChI is InChI=1S/C13H21N3O4/c17-11(15-5-1-2-6-15)9-14-13(20)16-7-3-4-10(16)8-12(18)19/h10H,1-9H2,(H,14,20)(H,18,19). The first kappa shape index (κ1) is 14.6. The number of likely N-dealkylation sites (tertiary alicyclic amines) is 2. The molecule has 0 bridgehead atoms. The average molecular weight is 283 g/mol. The molecule has 2 aliphatic heterocycles. The van der Waals surface area contributed by atoms with Crippen molar-refractivity contribution in [2.24, 2.45) is 0 Å². The minimum atomic E-state index is -0.900. The van der Waals surface area contributed by atoms with Gasteiger partial charge >= 0.3 is 12.0 Å². The van der Waals surface area contributed by atoms with Crippen LogP contribution in [-0.4, -0.2) is 65.0 Å². The van der Waals surface area contributed by atoms with E-state index in [1.54, 1.807) is 4.90 Å². The Hall–Kier alpha value is -1.79. The molecule has 0 spiro atoms. The first-order chi connectivity index (χ1) is 9.58. The van der Waals surface area contributed by atoms with Crippen molar-refractivity contribution in [1.82, 2.24) is 15.1 Å². The van der Waals surface area contributed by atoms with Gasteiger partial charge in [0, 0.05) is 25.7 Å². The molecule has 2 aliphatic rings. The van der Waals surface area contributed by atoms with Gasteiger partial charge in [-0.25, -0.2) is 4.79 Å². The summed E-state index contributed by atoms with van der Waals surface area (Å²) in [7, 11) is 0. The van der Waals surface area contributed by atoms with Crippen molar-refractivity contribution in [2.45, 2.75) is 38.1 Å². The number of amides is 3. The van der Waals surface area contributed by atoms with Gasteiger partial charge in [0.2, 0.25) is 5.91 Å². The van der Waals surface area contributed by atoms with Crippen LogP contribution in [0.2, 0.25) is 0 Å². The fraction of sp³-hybridized carbons (Fsp3) is 0.769. The van der Waals surface area contributed by atoms with Crippen molar-refractivity contribution in [1.29, 1.82) is 0 Å². The van der Waals surface area contributed by atoms with Gasteiger partial charge in [0.25, 0.3) is 0 Å². The number of nitrogens with one attached hydrogen (secondary N) is 1. The zero-order valence-electron chi connectivity index (χ0n) is 11.5. The predicted octanol–water partition coefficient (Wildman–Crippen LogP) is 0.258. The molecule has 3 amide bonds. The predicted molar refractivity (Wildman–Crippen MR) is 71.2 cm³/mol. The van der Waals surface area contributed by atoms with E-state index >= 15 is 0 Å². The maximum absolute atomic E-state index is 12.0. The van der Waals surface area contributed by atoms with Gasteiger partial charge in [0.1, 0.15) is 0 Å². The van der Waals surface area contributed by atoms with Gasteiger partial charge in [-0.2, -0.15) is 0 Å². The van der Waals surface area contributed by atoms with E-state index in [2.05, 4.69) is 5.32 Å². The average Bonchev–Trinajstić information content (AvgIpc) is 3.05. The second-order valence-corrected chi connectivity index (χ2v) is 5.33. The third-order valence-electron chi connectivity index (χ3n) is 3.90. The van der Waals surface area contributed by atoms with Gasteiger partial charge in [0.05, 0.1) is 13.0 Å². The smallest absolute Gasteiger partial charge is 0.318 e. The number of aliphatic carboxylic acids is 1. The second-order valence-electron chi connectivity index (χ2n) is 5.33. The fourth-order valence-corrected chi connectivity index (χ4v) is 2.85. The molecule has 2 rings (SSSR count). The molecule has 0 aromatic carbocycles. The van der Waals surface area contributed by atoms with E-state index in [0.717, 1.165) is 32.4 Å². The number of nitrogens with zero attached hydrogens (tertiary/aromatic N) is 2. The summed E-state index contributed by atoms with van der Waals surface area (Å²) in [5, 5.41) is 11.4. The lowest BCUT2D eigenvalue weighted by molar-refractivity contribution is -0.138. The summed E-state index contributed by atoms with van der Waals surface area (Å²) in [6.07, 6.45) is 3.53. The van der Waals surface area contributed by atoms with Crippen LogP contribution in [0.15, 0.2) is 0 Å². The fourth-order valence-electron chi connectivity index (χ4n) is 2.85. The van der Waals surface area contributed by atoms with Crippen molar-refractivity contribution in [3.05, 3.63) is 0 Å². The van der Waals surface area contributed by atoms with Gasteiger partial charge in [-0.15, -0.1) is 0 Å². The van der Waals surface area contributed by atoms with Crippen molar-refractivity contribution in [3.8, 4) is 0 Å². The van der Waals surface area contributed by atoms with Crippen LogP contribution in [0.3, 0.4) is 0 Å². The summed E-state index contributed by atoms with van der Waals surface area (Å²) >= 11 is 0. The number of hydrogen-bond acceptors (Lipinski definition) is 3. The highest BCUT2D eigenvalue weighted by molar-refractivity contribution is 5.84. The highest BCUT2D eigenvalue weighted by Gasteiger charge is 2.30. The molecule has 2 fully saturated rings. The summed E-state index contributed by atoms with van der Waals surface area (Å²) in [5.41, 5.74) is 0. The Morgan fingerprint density at radius 2 is 1.80 bits per heavy atom. The van der Waals surface area contributed by atoms with Crippen LogP contribution in [0, 0.1) is 0 Å². The molecule has 0 aliphatic carbocycles. The Bertz CT molecular complexity index is 393. The number of carboxylic acids is 1. The Kier molecular flexibility index (Phi) is 4.81. The molecule has 0 saturated carbocycles. The third kappa shape index (κ3) is 3.61. The zero-order chi connectivity index (χ0) is 14.5. The number of carbonyl (C=O) groups excluding carboxylic acids is 2. The molecular formula is C13H21N3O4. The summed E-state index contributed by atoms with van der Waals surface area (Å²) < 4.78 is 0. The van der Waals surface area contributed by atoms with Crippen LogP contribution >= 0.6 is 0 Å². The molecule has 1 atom stereocenters. The number of rotatable bonds is 4. The van der Waals surface area contributed by atoms with Crippen molar-refractivity contribution in [2.75, 3.05) is 26.2 Å². The number of carboxylic acid groups (broad SMARTS) is 1. The van der Waals surface area contributed by atoms with E-state index in [1.807, 2.05) is 0 Å². The number of urea groups is 1. The summed E-state index contributed by atoms with van der Waals surface area (Å²) in [6.45, 7) is 2.08. The monoisotopic (exact) mass is 283 g/mol. The Balaban J connectivity index is 1.78. The molecule has 0 aromatic heterocycles. The highest BCUT2D eigenvalue weighted by Crippen LogP contribution is 2.20. The van der Waals surface area contributed by atoms with Crippen LogP contribution in [0.5, 0.6) is 0 Å². The molecule has 2 saturated heterocycles. The molecule has 2 N–H and O–H groups in total. The third-order valence-corrected chi connectivity index (χ3v) is 3.90. The SMILES string of the molecule is O=C(O)CC1CCCN1C(=O)NCC(=O)N1CCCC1. The van der Waals surface area contributed by atoms with E-state index in [9.17, 15) is 14.4 Å². The van der Waals surface area contributed by atoms with Gasteiger partial charge in [0.15, 0.2) is 0 Å². The second kappa shape index (κ2) is 6.58. The highest BCUT2D eigenvalue weighted by atomic mass is 16.4. The van der Waals surface area contributed by atoms with E-state index in [-0.39, 0.29) is 30.9 Å². The van der Waals surface area contributed by atoms with E-state index in [4.69, 9.17) is 5.11 Å². The minimum absolute atomic E-state index is 0.00484. The molecule has 112 valence electrons. The van der Waals surface area contributed by atoms with Gasteiger partial charge in [-0.3, -0.25) is 9.59 Å². The summed E-state index contributed by atoms with van der Waals surface area (Å²) in [6, 6.07) is -0.587. The Morgan fingerprint density at radius 3 is 2.45 bits per heavy atom. The molecule has 7 nitrogen and oxygen atoms in total. The molecule has 7 heteroatoms. The number of carbonyl (C=O) groups is 3. The van der Waals surface area contributed by atoms with E-state index in [1.165, 1.54) is 4.90 Å². The van der Waals surface area contributed by atoms with Gasteiger partial charge in [-0.1, -0.05) is 0 Å². The lowest BCUT2D eigenvalue weighted by atomic mass is 10.1. The van der Waals surface area contributed by atoms with Crippen molar-refractivity contribution >= 4 is 17.9 Å². The molecule has 2 heterocycles. The minimum Gasteiger partial charge on any atom is -0.481 e. The zero-order valence-corrected chi connectivity index (χ0v) is 11.5. The summed E-state index contributed by atoms with van der Waals surface area (Å²) in [5.74, 6) is -0.965. The molecule has 20 heavy (non-hydrogen) atoms. The molecule has 1 unspecified atom stereocenters. The van der Waals surface area contributed by atoms with Gasteiger partial charge < -0.3 is 20.2 Å². The van der Waals surface area contributed by atoms with Crippen LogP contribution in [-0.2, 0) is 9.59 Å². The Labute approximate surface area is 117 Å². The molecule has 0 radical (unpaired) electrons. The van der Waals surface area contributed by atoms with Crippen molar-refractivity contribution < 1.29 is 19.5 Å². The lowest BCUT2D eigenvalue weighted by Gasteiger charge is -2.24. The molecular weight excluding hydrogens is 262 g/mol. The maximum Gasteiger partial charge on any atom is 0.318 e. The van der Waals surface area contributed by atoms with E-state index in [0.29, 0.717) is 13.0 Å². The van der Waals surface area contributed by atoms with E-state index < -0.39 is 5.97 Å². The number of hydrogen-bond donors (Lipinski definition) is 2. The topological polar surface area (TPSA) is 90.0 Å². The van der Waals surface area contributed by atoms with Crippen LogP contribution in [0.25, 0.3) is 0 Å². The molecule has 0 aromatic rings. The van der Waals surface area contributed by atoms with Gasteiger partial charge in [-0.05, 0) is 25.7 Å². The first-order valence-electron chi connectivity index (χ1n) is 7.12. The van der Waals surface area contributed by atoms with Crippen molar-refractivity contribution in [3.63, 3.8) is 0 Å². The lowest BCUT2D eigenvalue weighted by Crippen LogP contribution is -2.47. The van der Waals surface area contributed by atoms with Crippen LogP contribution in [0.1, 0.15) is 32.1 Å². The van der Waals surface area contributed by atoms with Crippen LogP contribution in [0.4, 0.5) is 4.79 Å². The summed E-state index contributed by atoms with van der Waals surface area (Å²) in [4.78, 5) is 37.9.